The molecule has 0 amide bonds. The molecule has 0 unspecified atom stereocenters. The summed E-state index contributed by atoms with van der Waals surface area (Å²) >= 11 is 0. The Hall–Kier alpha value is -2.82. The molecule has 0 aliphatic heterocycles. The number of ether oxygens (including phenoxy) is 2. The Bertz CT molecular complexity index is 766. The number of hydrogen-bond acceptors (Lipinski definition) is 4. The average molecular weight is 281 g/mol. The minimum atomic E-state index is 0.113. The van der Waals surface area contributed by atoms with Crippen molar-refractivity contribution in [2.75, 3.05) is 6.61 Å². The molecule has 0 radical (unpaired) electrons. The molecule has 21 heavy (non-hydrogen) atoms. The number of fused-ring (bicyclic) bond motifs is 1. The van der Waals surface area contributed by atoms with Crippen LogP contribution in [0.25, 0.3) is 5.65 Å². The molecule has 2 heterocycles. The Kier molecular flexibility index (Phi) is 3.55. The molecule has 0 saturated carbocycles. The van der Waals surface area contributed by atoms with Gasteiger partial charge in [0.05, 0.1) is 12.8 Å². The molecule has 2 aromatic heterocycles. The lowest BCUT2D eigenvalue weighted by Gasteiger charge is -2.07. The largest absolute Gasteiger partial charge is 0.477 e. The van der Waals surface area contributed by atoms with Crippen LogP contribution in [-0.2, 0) is 4.74 Å². The third kappa shape index (κ3) is 2.72. The lowest BCUT2D eigenvalue weighted by molar-refractivity contribution is 0.324. The average Bonchev–Trinajstić information content (AvgIpc) is 2.92. The zero-order valence-electron chi connectivity index (χ0n) is 11.6. The fourth-order valence-corrected chi connectivity index (χ4v) is 2.04. The van der Waals surface area contributed by atoms with E-state index in [1.165, 1.54) is 0 Å². The van der Waals surface area contributed by atoms with Crippen LogP contribution in [0.2, 0.25) is 0 Å². The molecule has 0 atom stereocenters. The van der Waals surface area contributed by atoms with E-state index in [4.69, 9.17) is 14.9 Å². The van der Waals surface area contributed by atoms with Crippen LogP contribution in [0.3, 0.4) is 0 Å². The lowest BCUT2D eigenvalue weighted by Crippen LogP contribution is -2.07. The van der Waals surface area contributed by atoms with Crippen LogP contribution in [0.5, 0.6) is 11.5 Å². The minimum absolute atomic E-state index is 0.113. The van der Waals surface area contributed by atoms with Gasteiger partial charge >= 0.3 is 0 Å². The van der Waals surface area contributed by atoms with Crippen LogP contribution in [0, 0.1) is 5.41 Å². The number of aromatic nitrogens is 2. The lowest BCUT2D eigenvalue weighted by atomic mass is 10.3. The molecule has 0 fully saturated rings. The predicted molar refractivity (Wildman–Crippen MR) is 80.2 cm³/mol. The van der Waals surface area contributed by atoms with Crippen molar-refractivity contribution in [3.05, 3.63) is 60.6 Å². The normalized spacial score (nSPS) is 10.5. The van der Waals surface area contributed by atoms with Crippen LogP contribution < -0.4 is 4.74 Å². The first-order chi connectivity index (χ1) is 10.3. The van der Waals surface area contributed by atoms with E-state index < -0.39 is 0 Å². The molecule has 0 aliphatic rings. The third-order valence-corrected chi connectivity index (χ3v) is 2.98. The summed E-state index contributed by atoms with van der Waals surface area (Å²) in [7, 11) is 0. The van der Waals surface area contributed by atoms with Crippen molar-refractivity contribution in [3.8, 4) is 11.5 Å². The summed E-state index contributed by atoms with van der Waals surface area (Å²) in [6, 6.07) is 13.2. The standard InChI is InChI=1S/C16H15N3O2/c1-2-20-16(17)14-11-18-15-10-13(8-9-19(14)15)21-12-6-4-3-5-7-12/h3-11,17H,2H2,1H3. The van der Waals surface area contributed by atoms with Crippen molar-refractivity contribution in [1.29, 1.82) is 5.41 Å². The van der Waals surface area contributed by atoms with Crippen molar-refractivity contribution < 1.29 is 9.47 Å². The van der Waals surface area contributed by atoms with Crippen LogP contribution in [0.1, 0.15) is 12.6 Å². The molecule has 106 valence electrons. The van der Waals surface area contributed by atoms with Crippen molar-refractivity contribution in [3.63, 3.8) is 0 Å². The van der Waals surface area contributed by atoms with E-state index in [1.54, 1.807) is 10.6 Å². The molecule has 1 aromatic carbocycles. The topological polar surface area (TPSA) is 59.6 Å². The van der Waals surface area contributed by atoms with Gasteiger partial charge in [0.2, 0.25) is 5.90 Å². The second kappa shape index (κ2) is 5.66. The van der Waals surface area contributed by atoms with E-state index in [0.717, 1.165) is 5.75 Å². The monoisotopic (exact) mass is 281 g/mol. The van der Waals surface area contributed by atoms with E-state index in [-0.39, 0.29) is 5.90 Å². The molecule has 3 rings (SSSR count). The Balaban J connectivity index is 1.90. The maximum absolute atomic E-state index is 7.85. The fourth-order valence-electron chi connectivity index (χ4n) is 2.04. The number of pyridine rings is 1. The van der Waals surface area contributed by atoms with Gasteiger partial charge in [-0.3, -0.25) is 9.81 Å². The summed E-state index contributed by atoms with van der Waals surface area (Å²) in [4.78, 5) is 4.29. The SMILES string of the molecule is CCOC(=N)c1cnc2cc(Oc3ccccc3)ccn12. The summed E-state index contributed by atoms with van der Waals surface area (Å²) in [6.45, 7) is 2.31. The van der Waals surface area contributed by atoms with E-state index in [1.807, 2.05) is 55.6 Å². The molecule has 5 heteroatoms. The summed E-state index contributed by atoms with van der Waals surface area (Å²) in [5.74, 6) is 1.59. The molecule has 3 aromatic rings. The van der Waals surface area contributed by atoms with Gasteiger partial charge in [0.1, 0.15) is 22.8 Å². The second-order valence-corrected chi connectivity index (χ2v) is 4.41. The van der Waals surface area contributed by atoms with Gasteiger partial charge < -0.3 is 9.47 Å². The number of hydrogen-bond donors (Lipinski definition) is 1. The molecular formula is C16H15N3O2. The number of nitrogens with one attached hydrogen (secondary N) is 1. The third-order valence-electron chi connectivity index (χ3n) is 2.98. The molecule has 5 nitrogen and oxygen atoms in total. The maximum Gasteiger partial charge on any atom is 0.232 e. The Morgan fingerprint density at radius 1 is 1.19 bits per heavy atom. The van der Waals surface area contributed by atoms with Crippen LogP contribution in [-0.4, -0.2) is 21.9 Å². The first-order valence-corrected chi connectivity index (χ1v) is 6.69. The van der Waals surface area contributed by atoms with Crippen LogP contribution >= 0.6 is 0 Å². The van der Waals surface area contributed by atoms with Gasteiger partial charge in [0.25, 0.3) is 0 Å². The molecule has 0 spiro atoms. The van der Waals surface area contributed by atoms with Crippen molar-refractivity contribution in [1.82, 2.24) is 9.38 Å². The van der Waals surface area contributed by atoms with Crippen LogP contribution in [0.4, 0.5) is 0 Å². The highest BCUT2D eigenvalue weighted by molar-refractivity contribution is 5.90. The number of para-hydroxylation sites is 1. The van der Waals surface area contributed by atoms with Gasteiger partial charge in [-0.15, -0.1) is 0 Å². The van der Waals surface area contributed by atoms with Gasteiger partial charge in [0, 0.05) is 12.3 Å². The zero-order chi connectivity index (χ0) is 14.7. The highest BCUT2D eigenvalue weighted by Gasteiger charge is 2.10. The Morgan fingerprint density at radius 3 is 2.76 bits per heavy atom. The summed E-state index contributed by atoms with van der Waals surface area (Å²) in [5.41, 5.74) is 1.33. The summed E-state index contributed by atoms with van der Waals surface area (Å²) in [6.07, 6.45) is 3.45. The van der Waals surface area contributed by atoms with Gasteiger partial charge in [0.15, 0.2) is 0 Å². The highest BCUT2D eigenvalue weighted by atomic mass is 16.5. The number of benzene rings is 1. The van der Waals surface area contributed by atoms with E-state index in [2.05, 4.69) is 4.98 Å². The minimum Gasteiger partial charge on any atom is -0.477 e. The molecule has 1 N–H and O–H groups in total. The number of imidazole rings is 1. The molecular weight excluding hydrogens is 266 g/mol. The molecule has 0 saturated heterocycles. The van der Waals surface area contributed by atoms with Crippen molar-refractivity contribution in [2.24, 2.45) is 0 Å². The van der Waals surface area contributed by atoms with Gasteiger partial charge in [-0.2, -0.15) is 0 Å². The van der Waals surface area contributed by atoms with Gasteiger partial charge in [-0.1, -0.05) is 18.2 Å². The second-order valence-electron chi connectivity index (χ2n) is 4.41. The van der Waals surface area contributed by atoms with E-state index in [0.29, 0.717) is 23.7 Å². The molecule has 0 aliphatic carbocycles. The summed E-state index contributed by atoms with van der Waals surface area (Å²) < 4.78 is 12.8. The van der Waals surface area contributed by atoms with E-state index in [9.17, 15) is 0 Å². The fraction of sp³-hybridized carbons (Fsp3) is 0.125. The van der Waals surface area contributed by atoms with Gasteiger partial charge in [-0.05, 0) is 25.1 Å². The van der Waals surface area contributed by atoms with Crippen molar-refractivity contribution in [2.45, 2.75) is 6.92 Å². The Morgan fingerprint density at radius 2 is 2.00 bits per heavy atom. The first kappa shape index (κ1) is 13.2. The maximum atomic E-state index is 7.85. The smallest absolute Gasteiger partial charge is 0.232 e. The Labute approximate surface area is 122 Å². The summed E-state index contributed by atoms with van der Waals surface area (Å²) in [5, 5.41) is 7.85. The predicted octanol–water partition coefficient (Wildman–Crippen LogP) is 3.49. The highest BCUT2D eigenvalue weighted by Crippen LogP contribution is 2.22. The number of nitrogens with zero attached hydrogens (tertiary/aromatic N) is 2. The molecule has 0 bridgehead atoms. The van der Waals surface area contributed by atoms with Crippen molar-refractivity contribution >= 4 is 11.5 Å². The quantitative estimate of drug-likeness (QED) is 0.588. The number of rotatable bonds is 4. The first-order valence-electron chi connectivity index (χ1n) is 6.69. The van der Waals surface area contributed by atoms with Gasteiger partial charge in [-0.25, -0.2) is 4.98 Å². The van der Waals surface area contributed by atoms with E-state index >= 15 is 0 Å². The zero-order valence-corrected chi connectivity index (χ0v) is 11.6. The van der Waals surface area contributed by atoms with Crippen LogP contribution in [0.15, 0.2) is 54.9 Å².